The Morgan fingerprint density at radius 3 is 2.69 bits per heavy atom. The number of hydrazine groups is 1. The Morgan fingerprint density at radius 1 is 1.50 bits per heavy atom. The molecule has 4 heteroatoms. The van der Waals surface area contributed by atoms with Gasteiger partial charge in [-0.25, -0.2) is 0 Å². The lowest BCUT2D eigenvalue weighted by atomic mass is 9.91. The Labute approximate surface area is 111 Å². The molecular formula is C12H21BrN2S. The van der Waals surface area contributed by atoms with Crippen LogP contribution in [0.5, 0.6) is 0 Å². The van der Waals surface area contributed by atoms with Crippen LogP contribution in [0.15, 0.2) is 15.9 Å². The van der Waals surface area contributed by atoms with Crippen LogP contribution in [-0.2, 0) is 0 Å². The number of thiophene rings is 1. The second-order valence-electron chi connectivity index (χ2n) is 4.09. The third kappa shape index (κ3) is 3.55. The predicted molar refractivity (Wildman–Crippen MR) is 75.4 cm³/mol. The Bertz CT molecular complexity index is 301. The Balaban J connectivity index is 2.75. The van der Waals surface area contributed by atoms with E-state index in [9.17, 15) is 0 Å². The molecule has 0 bridgehead atoms. The molecule has 92 valence electrons. The maximum atomic E-state index is 5.72. The number of rotatable bonds is 7. The van der Waals surface area contributed by atoms with Crippen molar-refractivity contribution < 1.29 is 0 Å². The third-order valence-electron chi connectivity index (χ3n) is 3.03. The van der Waals surface area contributed by atoms with E-state index in [1.165, 1.54) is 35.0 Å². The molecule has 0 aromatic carbocycles. The van der Waals surface area contributed by atoms with E-state index < -0.39 is 0 Å². The van der Waals surface area contributed by atoms with Crippen LogP contribution in [0.3, 0.4) is 0 Å². The zero-order valence-corrected chi connectivity index (χ0v) is 12.4. The van der Waals surface area contributed by atoms with E-state index in [-0.39, 0.29) is 6.04 Å². The molecule has 2 atom stereocenters. The molecule has 1 heterocycles. The van der Waals surface area contributed by atoms with Crippen molar-refractivity contribution in [3.8, 4) is 0 Å². The predicted octanol–water partition coefficient (Wildman–Crippen LogP) is 4.23. The summed E-state index contributed by atoms with van der Waals surface area (Å²) in [5.74, 6) is 6.34. The first-order valence-electron chi connectivity index (χ1n) is 5.93. The van der Waals surface area contributed by atoms with Gasteiger partial charge in [0.15, 0.2) is 0 Å². The molecule has 3 N–H and O–H groups in total. The number of nitrogens with two attached hydrogens (primary N) is 1. The molecule has 2 nitrogen and oxygen atoms in total. The van der Waals surface area contributed by atoms with E-state index in [2.05, 4.69) is 46.6 Å². The number of halogens is 1. The minimum Gasteiger partial charge on any atom is -0.271 e. The zero-order valence-electron chi connectivity index (χ0n) is 10.0. The molecule has 0 aliphatic heterocycles. The Hall–Kier alpha value is 0.100. The van der Waals surface area contributed by atoms with Crippen LogP contribution in [-0.4, -0.2) is 0 Å². The molecule has 0 aliphatic rings. The van der Waals surface area contributed by atoms with Crippen LogP contribution < -0.4 is 11.3 Å². The van der Waals surface area contributed by atoms with Gasteiger partial charge in [0.2, 0.25) is 0 Å². The van der Waals surface area contributed by atoms with E-state index in [1.807, 2.05) is 0 Å². The van der Waals surface area contributed by atoms with Gasteiger partial charge >= 0.3 is 0 Å². The fraction of sp³-hybridized carbons (Fsp3) is 0.667. The van der Waals surface area contributed by atoms with Crippen LogP contribution in [0.2, 0.25) is 0 Å². The van der Waals surface area contributed by atoms with Gasteiger partial charge in [-0.2, -0.15) is 0 Å². The monoisotopic (exact) mass is 304 g/mol. The van der Waals surface area contributed by atoms with Gasteiger partial charge in [0.1, 0.15) is 0 Å². The highest BCUT2D eigenvalue weighted by Crippen LogP contribution is 2.36. The lowest BCUT2D eigenvalue weighted by Crippen LogP contribution is -2.33. The highest BCUT2D eigenvalue weighted by atomic mass is 79.9. The van der Waals surface area contributed by atoms with Gasteiger partial charge in [-0.3, -0.25) is 11.3 Å². The van der Waals surface area contributed by atoms with Crippen LogP contribution in [0.4, 0.5) is 0 Å². The van der Waals surface area contributed by atoms with E-state index in [0.29, 0.717) is 5.92 Å². The van der Waals surface area contributed by atoms with Gasteiger partial charge in [0.05, 0.1) is 6.04 Å². The summed E-state index contributed by atoms with van der Waals surface area (Å²) in [7, 11) is 0. The summed E-state index contributed by atoms with van der Waals surface area (Å²) in [6.07, 6.45) is 4.94. The van der Waals surface area contributed by atoms with Gasteiger partial charge in [-0.1, -0.05) is 33.1 Å². The number of unbranched alkanes of at least 4 members (excludes halogenated alkanes) is 1. The van der Waals surface area contributed by atoms with Gasteiger partial charge in [-0.05, 0) is 39.7 Å². The van der Waals surface area contributed by atoms with Crippen molar-refractivity contribution >= 4 is 27.3 Å². The second kappa shape index (κ2) is 7.43. The average Bonchev–Trinajstić information content (AvgIpc) is 2.71. The smallest absolute Gasteiger partial charge is 0.0592 e. The van der Waals surface area contributed by atoms with Gasteiger partial charge in [-0.15, -0.1) is 11.3 Å². The van der Waals surface area contributed by atoms with E-state index >= 15 is 0 Å². The third-order valence-corrected chi connectivity index (χ3v) is 4.98. The topological polar surface area (TPSA) is 38.0 Å². The number of nitrogens with one attached hydrogen (secondary N) is 1. The molecule has 0 saturated heterocycles. The van der Waals surface area contributed by atoms with Crippen LogP contribution >= 0.6 is 27.3 Å². The Morgan fingerprint density at radius 2 is 2.25 bits per heavy atom. The zero-order chi connectivity index (χ0) is 12.0. The molecule has 0 spiro atoms. The molecule has 1 rings (SSSR count). The quantitative estimate of drug-likeness (QED) is 0.584. The van der Waals surface area contributed by atoms with Crippen molar-refractivity contribution in [1.29, 1.82) is 0 Å². The molecular weight excluding hydrogens is 284 g/mol. The fourth-order valence-corrected chi connectivity index (χ4v) is 3.80. The van der Waals surface area contributed by atoms with Crippen LogP contribution in [0, 0.1) is 5.92 Å². The minimum absolute atomic E-state index is 0.283. The van der Waals surface area contributed by atoms with Gasteiger partial charge in [0, 0.05) is 9.35 Å². The maximum Gasteiger partial charge on any atom is 0.0592 e. The molecule has 0 radical (unpaired) electrons. The molecule has 0 aliphatic carbocycles. The average molecular weight is 305 g/mol. The van der Waals surface area contributed by atoms with Crippen molar-refractivity contribution in [1.82, 2.24) is 5.43 Å². The summed E-state index contributed by atoms with van der Waals surface area (Å²) in [6.45, 7) is 4.48. The standard InChI is InChI=1S/C12H21BrN2S/c1-3-5-6-9(4-2)11(15-14)12-10(13)7-8-16-12/h7-9,11,15H,3-6,14H2,1-2H3. The van der Waals surface area contributed by atoms with Crippen molar-refractivity contribution in [2.45, 2.75) is 45.6 Å². The Kier molecular flexibility index (Phi) is 6.58. The highest BCUT2D eigenvalue weighted by molar-refractivity contribution is 9.10. The summed E-state index contributed by atoms with van der Waals surface area (Å²) in [6, 6.07) is 2.38. The molecule has 0 saturated carbocycles. The molecule has 2 unspecified atom stereocenters. The van der Waals surface area contributed by atoms with Crippen LogP contribution in [0.25, 0.3) is 0 Å². The highest BCUT2D eigenvalue weighted by Gasteiger charge is 2.23. The minimum atomic E-state index is 0.283. The maximum absolute atomic E-state index is 5.72. The largest absolute Gasteiger partial charge is 0.271 e. The van der Waals surface area contributed by atoms with Crippen molar-refractivity contribution in [3.63, 3.8) is 0 Å². The first-order valence-corrected chi connectivity index (χ1v) is 7.60. The summed E-state index contributed by atoms with van der Waals surface area (Å²) in [5.41, 5.74) is 2.99. The molecule has 0 fully saturated rings. The molecule has 16 heavy (non-hydrogen) atoms. The van der Waals surface area contributed by atoms with E-state index in [0.717, 1.165) is 0 Å². The van der Waals surface area contributed by atoms with Gasteiger partial charge < -0.3 is 0 Å². The van der Waals surface area contributed by atoms with Crippen molar-refractivity contribution in [2.75, 3.05) is 0 Å². The van der Waals surface area contributed by atoms with Crippen molar-refractivity contribution in [2.24, 2.45) is 11.8 Å². The lowest BCUT2D eigenvalue weighted by Gasteiger charge is -2.25. The van der Waals surface area contributed by atoms with Gasteiger partial charge in [0.25, 0.3) is 0 Å². The molecule has 0 amide bonds. The molecule has 1 aromatic heterocycles. The SMILES string of the molecule is CCCCC(CC)C(NN)c1sccc1Br. The van der Waals surface area contributed by atoms with Crippen LogP contribution in [0.1, 0.15) is 50.4 Å². The number of hydrogen-bond donors (Lipinski definition) is 2. The number of hydrogen-bond acceptors (Lipinski definition) is 3. The first-order chi connectivity index (χ1) is 7.74. The first kappa shape index (κ1) is 14.2. The normalized spacial score (nSPS) is 15.0. The molecule has 1 aromatic rings. The second-order valence-corrected chi connectivity index (χ2v) is 5.89. The van der Waals surface area contributed by atoms with E-state index in [4.69, 9.17) is 5.84 Å². The summed E-state index contributed by atoms with van der Waals surface area (Å²) in [4.78, 5) is 1.32. The fourth-order valence-electron chi connectivity index (χ4n) is 2.03. The summed E-state index contributed by atoms with van der Waals surface area (Å²) < 4.78 is 1.18. The summed E-state index contributed by atoms with van der Waals surface area (Å²) in [5, 5.41) is 2.11. The summed E-state index contributed by atoms with van der Waals surface area (Å²) >= 11 is 5.36. The van der Waals surface area contributed by atoms with E-state index in [1.54, 1.807) is 11.3 Å². The van der Waals surface area contributed by atoms with Crippen molar-refractivity contribution in [3.05, 3.63) is 20.8 Å². The lowest BCUT2D eigenvalue weighted by molar-refractivity contribution is 0.330.